The summed E-state index contributed by atoms with van der Waals surface area (Å²) in [5.41, 5.74) is 9.98. The van der Waals surface area contributed by atoms with Gasteiger partial charge in [-0.25, -0.2) is 0 Å². The summed E-state index contributed by atoms with van der Waals surface area (Å²) in [6, 6.07) is 15.2. The number of hydrogen-bond acceptors (Lipinski definition) is 3. The number of nitrogens with two attached hydrogens (primary N) is 1. The predicted molar refractivity (Wildman–Crippen MR) is 107 cm³/mol. The number of benzene rings is 2. The van der Waals surface area contributed by atoms with E-state index in [1.165, 1.54) is 17.5 Å². The van der Waals surface area contributed by atoms with E-state index >= 15 is 0 Å². The van der Waals surface area contributed by atoms with Gasteiger partial charge in [-0.2, -0.15) is 0 Å². The van der Waals surface area contributed by atoms with Crippen molar-refractivity contribution in [1.29, 1.82) is 0 Å². The van der Waals surface area contributed by atoms with Gasteiger partial charge in [0.15, 0.2) is 0 Å². The van der Waals surface area contributed by atoms with Crippen molar-refractivity contribution in [3.05, 3.63) is 64.2 Å². The van der Waals surface area contributed by atoms with Gasteiger partial charge in [-0.15, -0.1) is 0 Å². The minimum absolute atomic E-state index is 0.0161. The Hall–Kier alpha value is -1.55. The molecule has 1 aliphatic carbocycles. The maximum atomic E-state index is 6.63. The van der Waals surface area contributed by atoms with Gasteiger partial charge >= 0.3 is 0 Å². The van der Waals surface area contributed by atoms with Crippen molar-refractivity contribution in [2.75, 3.05) is 13.1 Å². The molecule has 4 rings (SSSR count). The van der Waals surface area contributed by atoms with Gasteiger partial charge in [0.05, 0.1) is 6.04 Å². The zero-order valence-electron chi connectivity index (χ0n) is 15.3. The lowest BCUT2D eigenvalue weighted by Crippen LogP contribution is -2.51. The van der Waals surface area contributed by atoms with Gasteiger partial charge in [0.1, 0.15) is 11.9 Å². The van der Waals surface area contributed by atoms with Gasteiger partial charge in [0.2, 0.25) is 0 Å². The highest BCUT2D eigenvalue weighted by Crippen LogP contribution is 2.39. The van der Waals surface area contributed by atoms with E-state index in [2.05, 4.69) is 29.2 Å². The molecular weight excluding hydrogens is 344 g/mol. The van der Waals surface area contributed by atoms with E-state index in [1.54, 1.807) is 0 Å². The molecule has 1 aliphatic heterocycles. The van der Waals surface area contributed by atoms with Crippen LogP contribution in [0.4, 0.5) is 0 Å². The second-order valence-corrected chi connectivity index (χ2v) is 8.01. The molecule has 0 aromatic heterocycles. The first kappa shape index (κ1) is 17.8. The third kappa shape index (κ3) is 3.48. The van der Waals surface area contributed by atoms with Crippen molar-refractivity contribution in [3.8, 4) is 5.75 Å². The van der Waals surface area contributed by atoms with E-state index in [-0.39, 0.29) is 12.1 Å². The highest BCUT2D eigenvalue weighted by molar-refractivity contribution is 6.31. The average molecular weight is 371 g/mol. The molecule has 0 radical (unpaired) electrons. The van der Waals surface area contributed by atoms with Crippen molar-refractivity contribution in [2.24, 2.45) is 5.73 Å². The van der Waals surface area contributed by atoms with Gasteiger partial charge in [0, 0.05) is 23.2 Å². The number of piperidine rings is 1. The van der Waals surface area contributed by atoms with Crippen LogP contribution in [0, 0.1) is 6.92 Å². The van der Waals surface area contributed by atoms with E-state index < -0.39 is 0 Å². The zero-order valence-corrected chi connectivity index (χ0v) is 16.1. The van der Waals surface area contributed by atoms with Gasteiger partial charge in [-0.3, -0.25) is 4.90 Å². The number of halogens is 1. The molecular formula is C22H27ClN2O. The molecule has 138 valence electrons. The standard InChI is InChI=1S/C22H27ClN2O/c1-15-19(23)9-4-10-21(15)26-22-18-8-3-2-6-16(18)11-12-20(22)25-13-5-7-17(24)14-25/h2-4,6,8-10,17,20,22H,5,7,11-14,24H2,1H3/t17-,20?,22?/m0/s1. The average Bonchev–Trinajstić information content (AvgIpc) is 2.65. The molecule has 2 aromatic rings. The third-order valence-corrected chi connectivity index (χ3v) is 6.26. The number of rotatable bonds is 3. The van der Waals surface area contributed by atoms with Crippen molar-refractivity contribution in [2.45, 2.75) is 50.8 Å². The van der Waals surface area contributed by atoms with E-state index in [4.69, 9.17) is 22.1 Å². The van der Waals surface area contributed by atoms with E-state index in [9.17, 15) is 0 Å². The van der Waals surface area contributed by atoms with Crippen LogP contribution in [0.25, 0.3) is 0 Å². The molecule has 3 nitrogen and oxygen atoms in total. The minimum Gasteiger partial charge on any atom is -0.484 e. The van der Waals surface area contributed by atoms with Crippen LogP contribution in [-0.4, -0.2) is 30.1 Å². The SMILES string of the molecule is Cc1c(Cl)cccc1OC1c2ccccc2CCC1N1CCC[C@H](N)C1. The number of fused-ring (bicyclic) bond motifs is 1. The Bertz CT molecular complexity index is 778. The normalized spacial score (nSPS) is 26.3. The second-order valence-electron chi connectivity index (χ2n) is 7.60. The Morgan fingerprint density at radius 3 is 2.81 bits per heavy atom. The summed E-state index contributed by atoms with van der Waals surface area (Å²) >= 11 is 6.33. The van der Waals surface area contributed by atoms with Crippen LogP contribution in [0.15, 0.2) is 42.5 Å². The summed E-state index contributed by atoms with van der Waals surface area (Å²) in [4.78, 5) is 2.55. The van der Waals surface area contributed by atoms with Crippen LogP contribution in [0.3, 0.4) is 0 Å². The second kappa shape index (κ2) is 7.59. The fraction of sp³-hybridized carbons (Fsp3) is 0.455. The van der Waals surface area contributed by atoms with Crippen molar-refractivity contribution < 1.29 is 4.74 Å². The van der Waals surface area contributed by atoms with E-state index in [0.717, 1.165) is 48.7 Å². The first-order valence-electron chi connectivity index (χ1n) is 9.62. The van der Waals surface area contributed by atoms with Crippen LogP contribution in [0.5, 0.6) is 5.75 Å². The summed E-state index contributed by atoms with van der Waals surface area (Å²) in [7, 11) is 0. The lowest BCUT2D eigenvalue weighted by molar-refractivity contribution is 0.0364. The van der Waals surface area contributed by atoms with Gasteiger partial charge in [-0.05, 0) is 62.4 Å². The lowest BCUT2D eigenvalue weighted by Gasteiger charge is -2.43. The van der Waals surface area contributed by atoms with Gasteiger partial charge in [0.25, 0.3) is 0 Å². The summed E-state index contributed by atoms with van der Waals surface area (Å²) in [6.45, 7) is 4.09. The van der Waals surface area contributed by atoms with Crippen molar-refractivity contribution in [3.63, 3.8) is 0 Å². The molecule has 0 amide bonds. The Morgan fingerprint density at radius 2 is 1.96 bits per heavy atom. The topological polar surface area (TPSA) is 38.5 Å². The van der Waals surface area contributed by atoms with Crippen LogP contribution < -0.4 is 10.5 Å². The molecule has 4 heteroatoms. The number of ether oxygens (including phenoxy) is 1. The molecule has 1 heterocycles. The number of nitrogens with zero attached hydrogens (tertiary/aromatic N) is 1. The van der Waals surface area contributed by atoms with E-state index in [1.807, 2.05) is 25.1 Å². The number of likely N-dealkylation sites (tertiary alicyclic amines) is 1. The molecule has 2 aromatic carbocycles. The zero-order chi connectivity index (χ0) is 18.1. The number of aryl methyl sites for hydroxylation is 1. The van der Waals surface area contributed by atoms with Crippen molar-refractivity contribution in [1.82, 2.24) is 4.90 Å². The van der Waals surface area contributed by atoms with Crippen LogP contribution >= 0.6 is 11.6 Å². The Labute approximate surface area is 161 Å². The number of hydrogen-bond donors (Lipinski definition) is 1. The molecule has 26 heavy (non-hydrogen) atoms. The lowest BCUT2D eigenvalue weighted by atomic mass is 9.84. The Balaban J connectivity index is 1.68. The Kier molecular flexibility index (Phi) is 5.21. The molecule has 2 N–H and O–H groups in total. The molecule has 3 atom stereocenters. The van der Waals surface area contributed by atoms with E-state index in [0.29, 0.717) is 6.04 Å². The fourth-order valence-corrected chi connectivity index (χ4v) is 4.58. The Morgan fingerprint density at radius 1 is 1.12 bits per heavy atom. The monoisotopic (exact) mass is 370 g/mol. The summed E-state index contributed by atoms with van der Waals surface area (Å²) in [5.74, 6) is 0.880. The summed E-state index contributed by atoms with van der Waals surface area (Å²) < 4.78 is 6.63. The van der Waals surface area contributed by atoms with Crippen LogP contribution in [0.1, 0.15) is 42.1 Å². The molecule has 2 aliphatic rings. The highest BCUT2D eigenvalue weighted by Gasteiger charge is 2.36. The molecule has 0 spiro atoms. The maximum absolute atomic E-state index is 6.63. The van der Waals surface area contributed by atoms with Crippen LogP contribution in [-0.2, 0) is 6.42 Å². The smallest absolute Gasteiger partial charge is 0.139 e. The van der Waals surface area contributed by atoms with Crippen molar-refractivity contribution >= 4 is 11.6 Å². The maximum Gasteiger partial charge on any atom is 0.139 e. The molecule has 0 bridgehead atoms. The molecule has 1 saturated heterocycles. The fourth-order valence-electron chi connectivity index (χ4n) is 4.41. The molecule has 1 fully saturated rings. The van der Waals surface area contributed by atoms with Gasteiger partial charge in [-0.1, -0.05) is 41.9 Å². The molecule has 0 saturated carbocycles. The first-order chi connectivity index (χ1) is 12.6. The highest BCUT2D eigenvalue weighted by atomic mass is 35.5. The van der Waals surface area contributed by atoms with Gasteiger partial charge < -0.3 is 10.5 Å². The minimum atomic E-state index is 0.0161. The quantitative estimate of drug-likeness (QED) is 0.864. The summed E-state index contributed by atoms with van der Waals surface area (Å²) in [6.07, 6.45) is 4.51. The molecule has 2 unspecified atom stereocenters. The largest absolute Gasteiger partial charge is 0.484 e. The third-order valence-electron chi connectivity index (χ3n) is 5.85. The summed E-state index contributed by atoms with van der Waals surface area (Å²) in [5, 5.41) is 0.753. The van der Waals surface area contributed by atoms with Crippen LogP contribution in [0.2, 0.25) is 5.02 Å². The first-order valence-corrected chi connectivity index (χ1v) is 10.0. The predicted octanol–water partition coefficient (Wildman–Crippen LogP) is 4.51.